The summed E-state index contributed by atoms with van der Waals surface area (Å²) in [7, 11) is 0. The Balaban J connectivity index is 3.22. The maximum absolute atomic E-state index is 11.5. The zero-order valence-electron chi connectivity index (χ0n) is 12.6. The van der Waals surface area contributed by atoms with E-state index in [1.165, 1.54) is 12.8 Å². The van der Waals surface area contributed by atoms with Gasteiger partial charge >= 0.3 is 0 Å². The van der Waals surface area contributed by atoms with Crippen LogP contribution in [0.1, 0.15) is 66.2 Å². The summed E-state index contributed by atoms with van der Waals surface area (Å²) >= 11 is 0. The van der Waals surface area contributed by atoms with E-state index in [2.05, 4.69) is 19.2 Å². The summed E-state index contributed by atoms with van der Waals surface area (Å²) in [6.45, 7) is 10.1. The van der Waals surface area contributed by atoms with Crippen LogP contribution in [-0.2, 0) is 9.53 Å². The number of ether oxygens (including phenoxy) is 1. The third-order valence-electron chi connectivity index (χ3n) is 2.78. The van der Waals surface area contributed by atoms with Gasteiger partial charge in [-0.3, -0.25) is 4.79 Å². The van der Waals surface area contributed by atoms with Crippen molar-refractivity contribution in [3.05, 3.63) is 0 Å². The Kier molecular flexibility index (Phi) is 11.2. The summed E-state index contributed by atoms with van der Waals surface area (Å²) in [6, 6.07) is 0. The van der Waals surface area contributed by atoms with Crippen LogP contribution in [0.25, 0.3) is 0 Å². The van der Waals surface area contributed by atoms with Crippen molar-refractivity contribution in [2.75, 3.05) is 13.2 Å². The quantitative estimate of drug-likeness (QED) is 0.575. The lowest BCUT2D eigenvalue weighted by Gasteiger charge is -2.08. The van der Waals surface area contributed by atoms with E-state index in [0.29, 0.717) is 12.5 Å². The van der Waals surface area contributed by atoms with Gasteiger partial charge in [-0.05, 0) is 39.0 Å². The SMILES string of the molecule is CC(C)CCCCNC(=O)CCCCOC(C)C. The minimum atomic E-state index is 0.184. The Morgan fingerprint density at radius 3 is 2.39 bits per heavy atom. The van der Waals surface area contributed by atoms with E-state index < -0.39 is 0 Å². The molecule has 3 heteroatoms. The molecule has 0 saturated heterocycles. The van der Waals surface area contributed by atoms with Crippen LogP contribution in [0.5, 0.6) is 0 Å². The summed E-state index contributed by atoms with van der Waals surface area (Å²) in [4.78, 5) is 11.5. The normalized spacial score (nSPS) is 11.2. The molecule has 0 radical (unpaired) electrons. The minimum absolute atomic E-state index is 0.184. The van der Waals surface area contributed by atoms with Crippen molar-refractivity contribution in [1.29, 1.82) is 0 Å². The Morgan fingerprint density at radius 2 is 1.78 bits per heavy atom. The average molecular weight is 257 g/mol. The molecule has 0 aromatic carbocycles. The highest BCUT2D eigenvalue weighted by Crippen LogP contribution is 2.05. The van der Waals surface area contributed by atoms with E-state index in [-0.39, 0.29) is 5.91 Å². The predicted molar refractivity (Wildman–Crippen MR) is 76.6 cm³/mol. The number of rotatable bonds is 11. The summed E-state index contributed by atoms with van der Waals surface area (Å²) in [5.41, 5.74) is 0. The molecule has 0 aliphatic carbocycles. The van der Waals surface area contributed by atoms with Crippen molar-refractivity contribution in [2.24, 2.45) is 5.92 Å². The maximum atomic E-state index is 11.5. The smallest absolute Gasteiger partial charge is 0.219 e. The van der Waals surface area contributed by atoms with Crippen LogP contribution >= 0.6 is 0 Å². The molecule has 0 spiro atoms. The molecular formula is C15H31NO2. The van der Waals surface area contributed by atoms with Gasteiger partial charge in [-0.15, -0.1) is 0 Å². The molecule has 0 rings (SSSR count). The van der Waals surface area contributed by atoms with Gasteiger partial charge in [0.1, 0.15) is 0 Å². The zero-order chi connectivity index (χ0) is 13.8. The minimum Gasteiger partial charge on any atom is -0.379 e. The van der Waals surface area contributed by atoms with Crippen molar-refractivity contribution in [3.8, 4) is 0 Å². The number of nitrogens with one attached hydrogen (secondary N) is 1. The van der Waals surface area contributed by atoms with Gasteiger partial charge < -0.3 is 10.1 Å². The fourth-order valence-corrected chi connectivity index (χ4v) is 1.70. The van der Waals surface area contributed by atoms with E-state index in [1.54, 1.807) is 0 Å². The zero-order valence-corrected chi connectivity index (χ0v) is 12.6. The highest BCUT2D eigenvalue weighted by Gasteiger charge is 2.01. The fourth-order valence-electron chi connectivity index (χ4n) is 1.70. The molecule has 1 N–H and O–H groups in total. The van der Waals surface area contributed by atoms with Crippen LogP contribution in [0.15, 0.2) is 0 Å². The number of carbonyl (C=O) groups excluding carboxylic acids is 1. The Labute approximate surface area is 113 Å². The lowest BCUT2D eigenvalue weighted by atomic mass is 10.1. The van der Waals surface area contributed by atoms with Crippen molar-refractivity contribution in [1.82, 2.24) is 5.32 Å². The molecule has 18 heavy (non-hydrogen) atoms. The monoisotopic (exact) mass is 257 g/mol. The fraction of sp³-hybridized carbons (Fsp3) is 0.933. The molecule has 0 aromatic heterocycles. The number of hydrogen-bond donors (Lipinski definition) is 1. The van der Waals surface area contributed by atoms with Gasteiger partial charge in [0.2, 0.25) is 5.91 Å². The first kappa shape index (κ1) is 17.4. The first-order chi connectivity index (χ1) is 8.52. The maximum Gasteiger partial charge on any atom is 0.219 e. The summed E-state index contributed by atoms with van der Waals surface area (Å²) in [5.74, 6) is 0.950. The number of carbonyl (C=O) groups is 1. The van der Waals surface area contributed by atoms with E-state index in [1.807, 2.05) is 13.8 Å². The van der Waals surface area contributed by atoms with Gasteiger partial charge in [0, 0.05) is 19.6 Å². The van der Waals surface area contributed by atoms with Gasteiger partial charge in [-0.25, -0.2) is 0 Å². The van der Waals surface area contributed by atoms with Crippen LogP contribution in [0.4, 0.5) is 0 Å². The van der Waals surface area contributed by atoms with Crippen molar-refractivity contribution < 1.29 is 9.53 Å². The Bertz CT molecular complexity index is 183. The molecule has 0 unspecified atom stereocenters. The first-order valence-corrected chi connectivity index (χ1v) is 7.40. The van der Waals surface area contributed by atoms with Gasteiger partial charge in [-0.1, -0.05) is 26.7 Å². The van der Waals surface area contributed by atoms with Crippen LogP contribution < -0.4 is 5.32 Å². The van der Waals surface area contributed by atoms with E-state index >= 15 is 0 Å². The van der Waals surface area contributed by atoms with E-state index in [0.717, 1.165) is 38.3 Å². The average Bonchev–Trinajstić information content (AvgIpc) is 2.27. The largest absolute Gasteiger partial charge is 0.379 e. The molecule has 0 heterocycles. The lowest BCUT2D eigenvalue weighted by Crippen LogP contribution is -2.24. The molecule has 0 bridgehead atoms. The molecule has 1 amide bonds. The van der Waals surface area contributed by atoms with Crippen LogP contribution in [0.3, 0.4) is 0 Å². The number of amides is 1. The van der Waals surface area contributed by atoms with Gasteiger partial charge in [0.05, 0.1) is 6.10 Å². The predicted octanol–water partition coefficient (Wildman–Crippen LogP) is 3.52. The Hall–Kier alpha value is -0.570. The molecule has 0 fully saturated rings. The summed E-state index contributed by atoms with van der Waals surface area (Å²) in [5, 5.41) is 2.98. The topological polar surface area (TPSA) is 38.3 Å². The summed E-state index contributed by atoms with van der Waals surface area (Å²) in [6.07, 6.45) is 6.37. The van der Waals surface area contributed by atoms with E-state index in [9.17, 15) is 4.79 Å². The molecular weight excluding hydrogens is 226 g/mol. The third-order valence-corrected chi connectivity index (χ3v) is 2.78. The van der Waals surface area contributed by atoms with Gasteiger partial charge in [-0.2, -0.15) is 0 Å². The first-order valence-electron chi connectivity index (χ1n) is 7.40. The molecule has 108 valence electrons. The highest BCUT2D eigenvalue weighted by atomic mass is 16.5. The van der Waals surface area contributed by atoms with Gasteiger partial charge in [0.25, 0.3) is 0 Å². The van der Waals surface area contributed by atoms with Crippen molar-refractivity contribution in [3.63, 3.8) is 0 Å². The van der Waals surface area contributed by atoms with Crippen LogP contribution in [0, 0.1) is 5.92 Å². The number of unbranched alkanes of at least 4 members (excludes halogenated alkanes) is 2. The van der Waals surface area contributed by atoms with E-state index in [4.69, 9.17) is 4.74 Å². The van der Waals surface area contributed by atoms with Crippen LogP contribution in [-0.4, -0.2) is 25.2 Å². The molecule has 0 aliphatic heterocycles. The second kappa shape index (κ2) is 11.5. The molecule has 0 aliphatic rings. The third kappa shape index (κ3) is 13.5. The van der Waals surface area contributed by atoms with Gasteiger partial charge in [0.15, 0.2) is 0 Å². The Morgan fingerprint density at radius 1 is 1.06 bits per heavy atom. The second-order valence-corrected chi connectivity index (χ2v) is 5.62. The van der Waals surface area contributed by atoms with Crippen LogP contribution in [0.2, 0.25) is 0 Å². The highest BCUT2D eigenvalue weighted by molar-refractivity contribution is 5.75. The standard InChI is InChI=1S/C15H31NO2/c1-13(2)9-5-7-11-16-15(17)10-6-8-12-18-14(3)4/h13-14H,5-12H2,1-4H3,(H,16,17). The van der Waals surface area contributed by atoms with Crippen molar-refractivity contribution >= 4 is 5.91 Å². The molecule has 0 atom stereocenters. The number of hydrogen-bond acceptors (Lipinski definition) is 2. The second-order valence-electron chi connectivity index (χ2n) is 5.62. The lowest BCUT2D eigenvalue weighted by molar-refractivity contribution is -0.121. The van der Waals surface area contributed by atoms with Crippen molar-refractivity contribution in [2.45, 2.75) is 72.3 Å². The molecule has 3 nitrogen and oxygen atoms in total. The molecule has 0 aromatic rings. The summed E-state index contributed by atoms with van der Waals surface area (Å²) < 4.78 is 5.43. The molecule has 0 saturated carbocycles.